The van der Waals surface area contributed by atoms with Crippen LogP contribution in [0, 0.1) is 5.92 Å². The second-order valence-electron chi connectivity index (χ2n) is 5.41. The molecule has 2 nitrogen and oxygen atoms in total. The van der Waals surface area contributed by atoms with Gasteiger partial charge in [0.05, 0.1) is 0 Å². The molecule has 0 fully saturated rings. The lowest BCUT2D eigenvalue weighted by atomic mass is 9.79. The molecule has 0 bridgehead atoms. The van der Waals surface area contributed by atoms with Crippen LogP contribution < -0.4 is 4.74 Å². The fraction of sp³-hybridized carbons (Fsp3) is 0.294. The van der Waals surface area contributed by atoms with Crippen LogP contribution in [0.3, 0.4) is 0 Å². The quantitative estimate of drug-likeness (QED) is 0.890. The maximum Gasteiger partial charge on any atom is 0.155 e. The van der Waals surface area contributed by atoms with Gasteiger partial charge in [-0.05, 0) is 17.5 Å². The molecular weight excluding hydrogens is 236 g/mol. The van der Waals surface area contributed by atoms with Crippen molar-refractivity contribution in [3.05, 3.63) is 65.7 Å². The molecule has 3 rings (SSSR count). The third-order valence-electron chi connectivity index (χ3n) is 3.78. The summed E-state index contributed by atoms with van der Waals surface area (Å²) < 4.78 is 5.99. The van der Waals surface area contributed by atoms with E-state index < -0.39 is 5.60 Å². The SMILES string of the molecule is CC(C)C1Oc2ccccc2C1(O)c1ccccc1. The number of hydrogen-bond donors (Lipinski definition) is 1. The number of aliphatic hydroxyl groups is 1. The summed E-state index contributed by atoms with van der Waals surface area (Å²) in [5, 5.41) is 11.3. The first-order valence-corrected chi connectivity index (χ1v) is 6.68. The molecule has 0 saturated carbocycles. The molecule has 1 aliphatic heterocycles. The first kappa shape index (κ1) is 12.2. The maximum atomic E-state index is 11.3. The molecule has 2 unspecified atom stereocenters. The van der Waals surface area contributed by atoms with Crippen LogP contribution in [0.2, 0.25) is 0 Å². The topological polar surface area (TPSA) is 29.5 Å². The highest BCUT2D eigenvalue weighted by Gasteiger charge is 2.50. The smallest absolute Gasteiger partial charge is 0.155 e. The van der Waals surface area contributed by atoms with Crippen LogP contribution in [-0.4, -0.2) is 11.2 Å². The Kier molecular flexibility index (Phi) is 2.83. The van der Waals surface area contributed by atoms with E-state index in [4.69, 9.17) is 4.74 Å². The molecule has 2 aromatic rings. The highest BCUT2D eigenvalue weighted by molar-refractivity contribution is 5.49. The summed E-state index contributed by atoms with van der Waals surface area (Å²) >= 11 is 0. The number of rotatable bonds is 2. The second kappa shape index (κ2) is 4.39. The van der Waals surface area contributed by atoms with Crippen LogP contribution in [0.5, 0.6) is 5.75 Å². The second-order valence-corrected chi connectivity index (χ2v) is 5.41. The summed E-state index contributed by atoms with van der Waals surface area (Å²) in [5.74, 6) is 1.00. The fourth-order valence-corrected chi connectivity index (χ4v) is 2.89. The molecule has 0 aliphatic carbocycles. The van der Waals surface area contributed by atoms with Gasteiger partial charge in [0, 0.05) is 5.56 Å². The van der Waals surface area contributed by atoms with Crippen molar-refractivity contribution in [3.63, 3.8) is 0 Å². The van der Waals surface area contributed by atoms with Crippen LogP contribution in [-0.2, 0) is 5.60 Å². The highest BCUT2D eigenvalue weighted by atomic mass is 16.5. The molecule has 0 aromatic heterocycles. The Morgan fingerprint density at radius 1 is 1.00 bits per heavy atom. The molecule has 1 heterocycles. The first-order chi connectivity index (χ1) is 9.14. The van der Waals surface area contributed by atoms with Crippen LogP contribution in [0.25, 0.3) is 0 Å². The number of benzene rings is 2. The van der Waals surface area contributed by atoms with Gasteiger partial charge in [0.15, 0.2) is 5.60 Å². The van der Waals surface area contributed by atoms with Gasteiger partial charge in [-0.15, -0.1) is 0 Å². The van der Waals surface area contributed by atoms with Gasteiger partial charge in [-0.1, -0.05) is 62.4 Å². The van der Waals surface area contributed by atoms with Crippen molar-refractivity contribution in [2.75, 3.05) is 0 Å². The molecule has 19 heavy (non-hydrogen) atoms. The van der Waals surface area contributed by atoms with Gasteiger partial charge < -0.3 is 9.84 Å². The lowest BCUT2D eigenvalue weighted by Gasteiger charge is -2.32. The van der Waals surface area contributed by atoms with E-state index in [1.807, 2.05) is 54.6 Å². The average Bonchev–Trinajstić information content (AvgIpc) is 2.75. The first-order valence-electron chi connectivity index (χ1n) is 6.68. The molecule has 0 spiro atoms. The van der Waals surface area contributed by atoms with Gasteiger partial charge >= 0.3 is 0 Å². The molecular formula is C17H18O2. The number of fused-ring (bicyclic) bond motifs is 1. The van der Waals surface area contributed by atoms with Gasteiger partial charge in [-0.3, -0.25) is 0 Å². The third-order valence-corrected chi connectivity index (χ3v) is 3.78. The minimum Gasteiger partial charge on any atom is -0.486 e. The van der Waals surface area contributed by atoms with Crippen molar-refractivity contribution in [1.29, 1.82) is 0 Å². The van der Waals surface area contributed by atoms with Crippen LogP contribution in [0.1, 0.15) is 25.0 Å². The molecule has 2 atom stereocenters. The lowest BCUT2D eigenvalue weighted by molar-refractivity contribution is -0.0285. The molecule has 0 amide bonds. The van der Waals surface area contributed by atoms with E-state index in [0.717, 1.165) is 16.9 Å². The van der Waals surface area contributed by atoms with Gasteiger partial charge in [0.2, 0.25) is 0 Å². The number of para-hydroxylation sites is 1. The Bertz CT molecular complexity index is 577. The zero-order chi connectivity index (χ0) is 13.5. The Hall–Kier alpha value is -1.80. The summed E-state index contributed by atoms with van der Waals surface area (Å²) in [4.78, 5) is 0. The predicted molar refractivity (Wildman–Crippen MR) is 75.1 cm³/mol. The summed E-state index contributed by atoms with van der Waals surface area (Å²) in [5.41, 5.74) is 0.685. The normalized spacial score (nSPS) is 25.2. The predicted octanol–water partition coefficient (Wildman–Crippen LogP) is 3.34. The zero-order valence-electron chi connectivity index (χ0n) is 11.2. The van der Waals surface area contributed by atoms with Gasteiger partial charge in [0.25, 0.3) is 0 Å². The maximum absolute atomic E-state index is 11.3. The Labute approximate surface area is 113 Å². The minimum absolute atomic E-state index is 0.220. The standard InChI is InChI=1S/C17H18O2/c1-12(2)16-17(18,13-8-4-3-5-9-13)14-10-6-7-11-15(14)19-16/h3-12,16,18H,1-2H3. The van der Waals surface area contributed by atoms with Crippen LogP contribution in [0.15, 0.2) is 54.6 Å². The van der Waals surface area contributed by atoms with E-state index in [9.17, 15) is 5.11 Å². The number of hydrogen-bond acceptors (Lipinski definition) is 2. The van der Waals surface area contributed by atoms with Crippen molar-refractivity contribution >= 4 is 0 Å². The van der Waals surface area contributed by atoms with Gasteiger partial charge in [0.1, 0.15) is 11.9 Å². The van der Waals surface area contributed by atoms with Crippen molar-refractivity contribution in [2.24, 2.45) is 5.92 Å². The number of ether oxygens (including phenoxy) is 1. The summed E-state index contributed by atoms with van der Waals surface area (Å²) in [7, 11) is 0. The largest absolute Gasteiger partial charge is 0.486 e. The molecule has 2 heteroatoms. The van der Waals surface area contributed by atoms with Gasteiger partial charge in [-0.25, -0.2) is 0 Å². The lowest BCUT2D eigenvalue weighted by Crippen LogP contribution is -2.42. The molecule has 1 aliphatic rings. The Morgan fingerprint density at radius 3 is 2.32 bits per heavy atom. The van der Waals surface area contributed by atoms with Crippen molar-refractivity contribution in [1.82, 2.24) is 0 Å². The van der Waals surface area contributed by atoms with E-state index in [1.165, 1.54) is 0 Å². The highest BCUT2D eigenvalue weighted by Crippen LogP contribution is 2.47. The van der Waals surface area contributed by atoms with E-state index in [-0.39, 0.29) is 12.0 Å². The molecule has 2 aromatic carbocycles. The van der Waals surface area contributed by atoms with Crippen molar-refractivity contribution in [3.8, 4) is 5.75 Å². The monoisotopic (exact) mass is 254 g/mol. The molecule has 1 N–H and O–H groups in total. The summed E-state index contributed by atoms with van der Waals surface area (Å²) in [6.07, 6.45) is -0.257. The Balaban J connectivity index is 2.20. The molecule has 98 valence electrons. The minimum atomic E-state index is -1.06. The Morgan fingerprint density at radius 2 is 1.63 bits per heavy atom. The molecule has 0 saturated heterocycles. The van der Waals surface area contributed by atoms with Crippen LogP contribution in [0.4, 0.5) is 0 Å². The van der Waals surface area contributed by atoms with E-state index in [1.54, 1.807) is 0 Å². The summed E-state index contributed by atoms with van der Waals surface area (Å²) in [6.45, 7) is 4.15. The summed E-state index contributed by atoms with van der Waals surface area (Å²) in [6, 6.07) is 17.5. The van der Waals surface area contributed by atoms with Crippen molar-refractivity contribution in [2.45, 2.75) is 25.6 Å². The molecule has 0 radical (unpaired) electrons. The fourth-order valence-electron chi connectivity index (χ4n) is 2.89. The van der Waals surface area contributed by atoms with Crippen LogP contribution >= 0.6 is 0 Å². The zero-order valence-corrected chi connectivity index (χ0v) is 11.2. The third kappa shape index (κ3) is 1.75. The van der Waals surface area contributed by atoms with Gasteiger partial charge in [-0.2, -0.15) is 0 Å². The van der Waals surface area contributed by atoms with E-state index in [2.05, 4.69) is 13.8 Å². The average molecular weight is 254 g/mol. The van der Waals surface area contributed by atoms with Crippen molar-refractivity contribution < 1.29 is 9.84 Å². The van der Waals surface area contributed by atoms with E-state index in [0.29, 0.717) is 0 Å². The van der Waals surface area contributed by atoms with E-state index >= 15 is 0 Å².